The van der Waals surface area contributed by atoms with Gasteiger partial charge in [0.25, 0.3) is 0 Å². The van der Waals surface area contributed by atoms with Gasteiger partial charge >= 0.3 is 0 Å². The van der Waals surface area contributed by atoms with Gasteiger partial charge in [-0.1, -0.05) is 18.6 Å². The van der Waals surface area contributed by atoms with Gasteiger partial charge < -0.3 is 10.1 Å². The van der Waals surface area contributed by atoms with E-state index in [2.05, 4.69) is 5.32 Å². The van der Waals surface area contributed by atoms with Crippen molar-refractivity contribution in [1.29, 1.82) is 0 Å². The molecule has 1 aliphatic carbocycles. The van der Waals surface area contributed by atoms with Gasteiger partial charge in [-0.25, -0.2) is 13.6 Å². The number of primary sulfonamides is 1. The fourth-order valence-electron chi connectivity index (χ4n) is 2.51. The van der Waals surface area contributed by atoms with E-state index in [1.165, 1.54) is 12.5 Å². The van der Waals surface area contributed by atoms with Gasteiger partial charge in [-0.15, -0.1) is 0 Å². The van der Waals surface area contributed by atoms with Crippen LogP contribution in [0, 0.1) is 0 Å². The highest BCUT2D eigenvalue weighted by atomic mass is 32.2. The highest BCUT2D eigenvalue weighted by molar-refractivity contribution is 7.89. The van der Waals surface area contributed by atoms with Crippen molar-refractivity contribution in [2.24, 2.45) is 5.14 Å². The highest BCUT2D eigenvalue weighted by Crippen LogP contribution is 2.28. The molecule has 2 atom stereocenters. The van der Waals surface area contributed by atoms with E-state index in [0.717, 1.165) is 19.3 Å². The molecule has 2 rings (SSSR count). The van der Waals surface area contributed by atoms with Gasteiger partial charge in [-0.3, -0.25) is 0 Å². The largest absolute Gasteiger partial charge is 0.487 e. The molecule has 19 heavy (non-hydrogen) atoms. The maximum Gasteiger partial charge on any atom is 0.241 e. The van der Waals surface area contributed by atoms with Crippen molar-refractivity contribution in [3.63, 3.8) is 0 Å². The van der Waals surface area contributed by atoms with E-state index in [1.54, 1.807) is 18.2 Å². The molecule has 106 valence electrons. The predicted octanol–water partition coefficient (Wildman–Crippen LogP) is 1.24. The molecule has 2 unspecified atom stereocenters. The third kappa shape index (κ3) is 3.46. The van der Waals surface area contributed by atoms with E-state index >= 15 is 0 Å². The summed E-state index contributed by atoms with van der Waals surface area (Å²) in [6.07, 6.45) is 4.22. The van der Waals surface area contributed by atoms with E-state index in [4.69, 9.17) is 9.88 Å². The van der Waals surface area contributed by atoms with E-state index in [9.17, 15) is 8.42 Å². The molecule has 3 N–H and O–H groups in total. The Labute approximate surface area is 114 Å². The summed E-state index contributed by atoms with van der Waals surface area (Å²) in [7, 11) is -1.85. The van der Waals surface area contributed by atoms with Gasteiger partial charge in [0.1, 0.15) is 16.7 Å². The van der Waals surface area contributed by atoms with Crippen molar-refractivity contribution in [2.45, 2.75) is 42.7 Å². The summed E-state index contributed by atoms with van der Waals surface area (Å²) in [5, 5.41) is 8.43. The lowest BCUT2D eigenvalue weighted by atomic mass is 9.92. The van der Waals surface area contributed by atoms with Crippen LogP contribution in [0.3, 0.4) is 0 Å². The van der Waals surface area contributed by atoms with Crippen LogP contribution in [-0.4, -0.2) is 27.6 Å². The van der Waals surface area contributed by atoms with E-state index in [1.807, 2.05) is 7.05 Å². The molecule has 0 radical (unpaired) electrons. The standard InChI is InChI=1S/C13H20N2O3S/c1-15-10-6-2-3-7-11(10)18-12-8-4-5-9-13(12)19(14,16)17/h4-5,8-11,15H,2-3,6-7H2,1H3,(H2,14,16,17). The quantitative estimate of drug-likeness (QED) is 0.871. The molecule has 0 saturated heterocycles. The number of ether oxygens (including phenoxy) is 1. The summed E-state index contributed by atoms with van der Waals surface area (Å²) in [6, 6.07) is 6.77. The molecule has 0 spiro atoms. The lowest BCUT2D eigenvalue weighted by molar-refractivity contribution is 0.115. The zero-order chi connectivity index (χ0) is 13.9. The Morgan fingerprint density at radius 3 is 2.63 bits per heavy atom. The predicted molar refractivity (Wildman–Crippen MR) is 73.5 cm³/mol. The Balaban J connectivity index is 2.23. The molecule has 0 amide bonds. The van der Waals surface area contributed by atoms with Crippen molar-refractivity contribution in [2.75, 3.05) is 7.05 Å². The third-order valence-corrected chi connectivity index (χ3v) is 4.46. The molecule has 6 heteroatoms. The summed E-state index contributed by atoms with van der Waals surface area (Å²) < 4.78 is 29.0. The van der Waals surface area contributed by atoms with Gasteiger partial charge in [0.05, 0.1) is 0 Å². The lowest BCUT2D eigenvalue weighted by Crippen LogP contribution is -2.43. The molecular formula is C13H20N2O3S. The zero-order valence-corrected chi connectivity index (χ0v) is 11.8. The number of hydrogen-bond donors (Lipinski definition) is 2. The van der Waals surface area contributed by atoms with Gasteiger partial charge in [-0.2, -0.15) is 0 Å². The second-order valence-electron chi connectivity index (χ2n) is 4.83. The van der Waals surface area contributed by atoms with E-state index in [0.29, 0.717) is 5.75 Å². The number of hydrogen-bond acceptors (Lipinski definition) is 4. The van der Waals surface area contributed by atoms with Crippen LogP contribution in [0.1, 0.15) is 25.7 Å². The number of benzene rings is 1. The SMILES string of the molecule is CNC1CCCCC1Oc1ccccc1S(N)(=O)=O. The summed E-state index contributed by atoms with van der Waals surface area (Å²) in [6.45, 7) is 0. The van der Waals surface area contributed by atoms with Crippen molar-refractivity contribution in [3.05, 3.63) is 24.3 Å². The van der Waals surface area contributed by atoms with Crippen LogP contribution in [0.5, 0.6) is 5.75 Å². The number of para-hydroxylation sites is 1. The Bertz CT molecular complexity index is 530. The Hall–Kier alpha value is -1.11. The molecule has 1 aromatic carbocycles. The fourth-order valence-corrected chi connectivity index (χ4v) is 3.18. The number of nitrogens with one attached hydrogen (secondary N) is 1. The lowest BCUT2D eigenvalue weighted by Gasteiger charge is -2.32. The molecule has 1 aliphatic rings. The smallest absolute Gasteiger partial charge is 0.241 e. The minimum atomic E-state index is -3.75. The maximum atomic E-state index is 11.5. The number of nitrogens with two attached hydrogens (primary N) is 1. The first-order chi connectivity index (χ1) is 9.02. The van der Waals surface area contributed by atoms with Crippen LogP contribution in [0.4, 0.5) is 0 Å². The average molecular weight is 284 g/mol. The number of likely N-dealkylation sites (N-methyl/N-ethyl adjacent to an activating group) is 1. The minimum absolute atomic E-state index is 0.0124. The number of sulfonamides is 1. The van der Waals surface area contributed by atoms with Crippen LogP contribution < -0.4 is 15.2 Å². The van der Waals surface area contributed by atoms with Crippen LogP contribution in [0.2, 0.25) is 0 Å². The molecular weight excluding hydrogens is 264 g/mol. The Morgan fingerprint density at radius 1 is 1.26 bits per heavy atom. The topological polar surface area (TPSA) is 81.4 Å². The first-order valence-corrected chi connectivity index (χ1v) is 8.03. The summed E-state index contributed by atoms with van der Waals surface area (Å²) in [5.74, 6) is 0.345. The van der Waals surface area contributed by atoms with Crippen molar-refractivity contribution >= 4 is 10.0 Å². The average Bonchev–Trinajstić information content (AvgIpc) is 2.39. The van der Waals surface area contributed by atoms with Crippen molar-refractivity contribution < 1.29 is 13.2 Å². The summed E-state index contributed by atoms with van der Waals surface area (Å²) in [4.78, 5) is 0.0513. The van der Waals surface area contributed by atoms with Gasteiger partial charge in [0.2, 0.25) is 10.0 Å². The van der Waals surface area contributed by atoms with Crippen LogP contribution >= 0.6 is 0 Å². The van der Waals surface area contributed by atoms with Gasteiger partial charge in [0, 0.05) is 6.04 Å². The monoisotopic (exact) mass is 284 g/mol. The number of rotatable bonds is 4. The van der Waals surface area contributed by atoms with Crippen molar-refractivity contribution in [3.8, 4) is 5.75 Å². The van der Waals surface area contributed by atoms with Crippen LogP contribution in [-0.2, 0) is 10.0 Å². The minimum Gasteiger partial charge on any atom is -0.487 e. The first-order valence-electron chi connectivity index (χ1n) is 6.48. The molecule has 1 aromatic rings. The van der Waals surface area contributed by atoms with Crippen molar-refractivity contribution in [1.82, 2.24) is 5.32 Å². The Kier molecular flexibility index (Phi) is 4.44. The van der Waals surface area contributed by atoms with E-state index in [-0.39, 0.29) is 17.0 Å². The van der Waals surface area contributed by atoms with E-state index < -0.39 is 10.0 Å². The molecule has 0 heterocycles. The Morgan fingerprint density at radius 2 is 1.95 bits per heavy atom. The normalized spacial score (nSPS) is 24.1. The second-order valence-corrected chi connectivity index (χ2v) is 6.36. The molecule has 5 nitrogen and oxygen atoms in total. The summed E-state index contributed by atoms with van der Waals surface area (Å²) in [5.41, 5.74) is 0. The fraction of sp³-hybridized carbons (Fsp3) is 0.538. The second kappa shape index (κ2) is 5.90. The van der Waals surface area contributed by atoms with Gasteiger partial charge in [0.15, 0.2) is 0 Å². The third-order valence-electron chi connectivity index (χ3n) is 3.51. The van der Waals surface area contributed by atoms with Crippen LogP contribution in [0.15, 0.2) is 29.2 Å². The maximum absolute atomic E-state index is 11.5. The van der Waals surface area contributed by atoms with Gasteiger partial charge in [-0.05, 0) is 38.4 Å². The summed E-state index contributed by atoms with van der Waals surface area (Å²) >= 11 is 0. The highest BCUT2D eigenvalue weighted by Gasteiger charge is 2.27. The molecule has 0 aromatic heterocycles. The first kappa shape index (κ1) is 14.3. The van der Waals surface area contributed by atoms with Crippen LogP contribution in [0.25, 0.3) is 0 Å². The molecule has 0 aliphatic heterocycles. The molecule has 1 saturated carbocycles. The molecule has 1 fully saturated rings. The zero-order valence-electron chi connectivity index (χ0n) is 11.0. The molecule has 0 bridgehead atoms.